The van der Waals surface area contributed by atoms with Crippen molar-refractivity contribution in [2.75, 3.05) is 19.8 Å². The zero-order valence-electron chi connectivity index (χ0n) is 13.5. The van der Waals surface area contributed by atoms with Crippen molar-refractivity contribution in [3.63, 3.8) is 0 Å². The van der Waals surface area contributed by atoms with Gasteiger partial charge in [0.05, 0.1) is 18.8 Å². The minimum atomic E-state index is -0.939. The molecule has 0 saturated carbocycles. The molecule has 1 aromatic heterocycles. The largest absolute Gasteiger partial charge is 0.394 e. The van der Waals surface area contributed by atoms with Gasteiger partial charge in [-0.2, -0.15) is 0 Å². The predicted octanol–water partition coefficient (Wildman–Crippen LogP) is -1.91. The van der Waals surface area contributed by atoms with Gasteiger partial charge in [-0.25, -0.2) is 4.79 Å². The van der Waals surface area contributed by atoms with Gasteiger partial charge in [0.25, 0.3) is 11.5 Å². The van der Waals surface area contributed by atoms with E-state index in [0.29, 0.717) is 6.61 Å². The van der Waals surface area contributed by atoms with Crippen LogP contribution < -0.4 is 16.6 Å². The van der Waals surface area contributed by atoms with Crippen LogP contribution in [-0.4, -0.2) is 63.7 Å². The molecular weight excluding hydrogens is 334 g/mol. The summed E-state index contributed by atoms with van der Waals surface area (Å²) in [6.45, 7) is 0.534. The monoisotopic (exact) mass is 355 g/mol. The third kappa shape index (κ3) is 3.82. The summed E-state index contributed by atoms with van der Waals surface area (Å²) in [6, 6.07) is 0. The quantitative estimate of drug-likeness (QED) is 0.482. The number of amides is 1. The lowest BCUT2D eigenvalue weighted by atomic mass is 10.2. The second kappa shape index (κ2) is 7.48. The van der Waals surface area contributed by atoms with Gasteiger partial charge in [0.1, 0.15) is 17.9 Å². The molecule has 1 amide bonds. The second-order valence-corrected chi connectivity index (χ2v) is 6.17. The van der Waals surface area contributed by atoms with Crippen LogP contribution in [0.2, 0.25) is 0 Å². The summed E-state index contributed by atoms with van der Waals surface area (Å²) in [6.07, 6.45) is 0.239. The van der Waals surface area contributed by atoms with Crippen LogP contribution in [0.3, 0.4) is 0 Å². The van der Waals surface area contributed by atoms with E-state index in [4.69, 9.17) is 14.6 Å². The number of rotatable bonds is 5. The summed E-state index contributed by atoms with van der Waals surface area (Å²) < 4.78 is 11.8. The van der Waals surface area contributed by atoms with E-state index >= 15 is 0 Å². The number of hydrogen-bond donors (Lipinski definition) is 4. The topological polar surface area (TPSA) is 143 Å². The lowest BCUT2D eigenvalue weighted by Gasteiger charge is -2.15. The van der Waals surface area contributed by atoms with Gasteiger partial charge in [-0.05, 0) is 12.8 Å². The molecule has 0 aliphatic carbocycles. The lowest BCUT2D eigenvalue weighted by Crippen LogP contribution is -2.40. The molecule has 0 bridgehead atoms. The minimum Gasteiger partial charge on any atom is -0.394 e. The summed E-state index contributed by atoms with van der Waals surface area (Å²) in [5.74, 6) is -0.622. The highest BCUT2D eigenvalue weighted by atomic mass is 16.5. The molecule has 138 valence electrons. The fraction of sp³-hybridized carbons (Fsp3) is 0.667. The number of aliphatic hydroxyl groups excluding tert-OH is 2. The molecule has 3 rings (SSSR count). The Balaban J connectivity index is 1.77. The number of nitrogens with one attached hydrogen (secondary N) is 2. The van der Waals surface area contributed by atoms with Crippen molar-refractivity contribution in [2.24, 2.45) is 0 Å². The molecule has 0 unspecified atom stereocenters. The molecule has 1 aromatic rings. The van der Waals surface area contributed by atoms with Crippen LogP contribution in [0.1, 0.15) is 35.8 Å². The van der Waals surface area contributed by atoms with Crippen molar-refractivity contribution in [3.05, 3.63) is 32.6 Å². The third-order valence-corrected chi connectivity index (χ3v) is 4.42. The smallest absolute Gasteiger partial charge is 0.330 e. The summed E-state index contributed by atoms with van der Waals surface area (Å²) in [7, 11) is 0. The van der Waals surface area contributed by atoms with E-state index in [2.05, 4.69) is 10.3 Å². The van der Waals surface area contributed by atoms with Crippen LogP contribution >= 0.6 is 0 Å². The van der Waals surface area contributed by atoms with Gasteiger partial charge >= 0.3 is 5.69 Å². The molecule has 2 aliphatic heterocycles. The summed E-state index contributed by atoms with van der Waals surface area (Å²) in [4.78, 5) is 38.3. The van der Waals surface area contributed by atoms with Crippen LogP contribution in [-0.2, 0) is 9.47 Å². The fourth-order valence-electron chi connectivity index (χ4n) is 3.02. The first-order chi connectivity index (χ1) is 12.0. The van der Waals surface area contributed by atoms with Gasteiger partial charge in [0.15, 0.2) is 0 Å². The van der Waals surface area contributed by atoms with Crippen LogP contribution in [0, 0.1) is 0 Å². The number of carbonyl (C=O) groups is 1. The van der Waals surface area contributed by atoms with Crippen LogP contribution in [0.15, 0.2) is 15.8 Å². The van der Waals surface area contributed by atoms with Crippen molar-refractivity contribution < 1.29 is 24.5 Å². The normalized spacial score (nSPS) is 29.0. The Kier molecular flexibility index (Phi) is 5.33. The number of ether oxygens (including phenoxy) is 2. The van der Waals surface area contributed by atoms with E-state index in [-0.39, 0.29) is 24.6 Å². The van der Waals surface area contributed by atoms with Crippen molar-refractivity contribution in [2.45, 2.75) is 43.8 Å². The highest BCUT2D eigenvalue weighted by Crippen LogP contribution is 2.27. The predicted molar refractivity (Wildman–Crippen MR) is 84.2 cm³/mol. The number of aliphatic hydroxyl groups is 2. The van der Waals surface area contributed by atoms with Crippen molar-refractivity contribution in [3.8, 4) is 0 Å². The Hall–Kier alpha value is -2.01. The molecule has 0 radical (unpaired) electrons. The molecule has 4 atom stereocenters. The maximum atomic E-state index is 12.3. The number of carbonyl (C=O) groups excluding carboxylic acids is 1. The molecule has 0 spiro atoms. The molecule has 2 fully saturated rings. The first-order valence-corrected chi connectivity index (χ1v) is 8.19. The molecule has 25 heavy (non-hydrogen) atoms. The average molecular weight is 355 g/mol. The molecule has 10 heteroatoms. The van der Waals surface area contributed by atoms with Gasteiger partial charge < -0.3 is 25.0 Å². The van der Waals surface area contributed by atoms with Gasteiger partial charge in [-0.15, -0.1) is 0 Å². The Morgan fingerprint density at radius 1 is 1.44 bits per heavy atom. The van der Waals surface area contributed by atoms with Crippen LogP contribution in [0.5, 0.6) is 0 Å². The summed E-state index contributed by atoms with van der Waals surface area (Å²) in [5, 5.41) is 21.5. The molecule has 10 nitrogen and oxygen atoms in total. The molecule has 3 heterocycles. The van der Waals surface area contributed by atoms with Crippen molar-refractivity contribution in [1.82, 2.24) is 14.9 Å². The highest BCUT2D eigenvalue weighted by molar-refractivity contribution is 5.93. The lowest BCUT2D eigenvalue weighted by molar-refractivity contribution is -0.0459. The average Bonchev–Trinajstić information content (AvgIpc) is 3.22. The van der Waals surface area contributed by atoms with E-state index in [9.17, 15) is 19.5 Å². The zero-order chi connectivity index (χ0) is 18.0. The number of nitrogens with zero attached hydrogens (tertiary/aromatic N) is 1. The Morgan fingerprint density at radius 2 is 2.24 bits per heavy atom. The van der Waals surface area contributed by atoms with Gasteiger partial charge in [-0.1, -0.05) is 0 Å². The molecule has 4 N–H and O–H groups in total. The van der Waals surface area contributed by atoms with E-state index < -0.39 is 42.2 Å². The Labute approximate surface area is 142 Å². The maximum Gasteiger partial charge on any atom is 0.330 e. The molecular formula is C15H21N3O7. The Bertz CT molecular complexity index is 737. The SMILES string of the molecule is O=C(NC[C@H]1CCCO1)c1cn([C@H]2C[C@@H](O)[C@@H](CO)O2)c(=O)[nH]c1=O. The van der Waals surface area contributed by atoms with Crippen molar-refractivity contribution >= 4 is 5.91 Å². The maximum absolute atomic E-state index is 12.3. The van der Waals surface area contributed by atoms with Gasteiger partial charge in [-0.3, -0.25) is 19.1 Å². The number of aromatic amines is 1. The molecule has 2 aliphatic rings. The number of hydrogen-bond acceptors (Lipinski definition) is 7. The summed E-state index contributed by atoms with van der Waals surface area (Å²) in [5.41, 5.74) is -1.79. The van der Waals surface area contributed by atoms with Crippen molar-refractivity contribution in [1.29, 1.82) is 0 Å². The van der Waals surface area contributed by atoms with E-state index in [1.165, 1.54) is 0 Å². The first kappa shape index (κ1) is 17.8. The van der Waals surface area contributed by atoms with E-state index in [1.54, 1.807) is 0 Å². The minimum absolute atomic E-state index is 0.0636. The van der Waals surface area contributed by atoms with Crippen LogP contribution in [0.25, 0.3) is 0 Å². The molecule has 2 saturated heterocycles. The fourth-order valence-corrected chi connectivity index (χ4v) is 3.02. The third-order valence-electron chi connectivity index (χ3n) is 4.42. The van der Waals surface area contributed by atoms with E-state index in [0.717, 1.165) is 23.6 Å². The Morgan fingerprint density at radius 3 is 2.88 bits per heavy atom. The highest BCUT2D eigenvalue weighted by Gasteiger charge is 2.35. The van der Waals surface area contributed by atoms with Gasteiger partial charge in [0.2, 0.25) is 0 Å². The molecule has 0 aromatic carbocycles. The summed E-state index contributed by atoms with van der Waals surface area (Å²) >= 11 is 0. The zero-order valence-corrected chi connectivity index (χ0v) is 13.5. The van der Waals surface area contributed by atoms with Gasteiger partial charge in [0, 0.05) is 25.8 Å². The second-order valence-electron chi connectivity index (χ2n) is 6.17. The standard InChI is InChI=1S/C15H21N3O7/c19-7-11-10(20)4-12(25-11)18-6-9(14(22)17-15(18)23)13(21)16-5-8-2-1-3-24-8/h6,8,10-12,19-20H,1-5,7H2,(H,16,21)(H,17,22,23)/t8-,10-,11-,12-/m1/s1. The first-order valence-electron chi connectivity index (χ1n) is 8.19. The van der Waals surface area contributed by atoms with E-state index in [1.807, 2.05) is 0 Å². The number of H-pyrrole nitrogens is 1. The number of aromatic nitrogens is 2. The van der Waals surface area contributed by atoms with Crippen LogP contribution in [0.4, 0.5) is 0 Å².